The number of unbranched alkanes of at least 4 members (excludes halogenated alkanes) is 11. The summed E-state index contributed by atoms with van der Waals surface area (Å²) in [4.78, 5) is 12.6. The Kier molecular flexibility index (Phi) is 19.8. The minimum atomic E-state index is -1.45. The molecule has 0 unspecified atom stereocenters. The van der Waals surface area contributed by atoms with E-state index in [4.69, 9.17) is 14.2 Å². The van der Waals surface area contributed by atoms with Crippen LogP contribution in [0.5, 0.6) is 0 Å². The Balaban J connectivity index is 1.02. The zero-order chi connectivity index (χ0) is 43.3. The van der Waals surface area contributed by atoms with E-state index in [-0.39, 0.29) is 24.1 Å². The van der Waals surface area contributed by atoms with Crippen molar-refractivity contribution >= 4 is 5.97 Å². The number of carbonyl (C=O) groups is 1. The number of carbonyl (C=O) groups excluding carboxylic acids is 1. The first kappa shape index (κ1) is 49.5. The van der Waals surface area contributed by atoms with E-state index >= 15 is 0 Å². The average Bonchev–Trinajstić information content (AvgIpc) is 3.59. The van der Waals surface area contributed by atoms with Gasteiger partial charge in [-0.1, -0.05) is 122 Å². The summed E-state index contributed by atoms with van der Waals surface area (Å²) in [5.74, 6) is 4.13. The zero-order valence-electron chi connectivity index (χ0n) is 39.2. The smallest absolute Gasteiger partial charge is 0.305 e. The second-order valence-corrected chi connectivity index (χ2v) is 21.0. The number of ether oxygens (including phenoxy) is 3. The van der Waals surface area contributed by atoms with Crippen molar-refractivity contribution < 1.29 is 34.3 Å². The number of hydrogen-bond donors (Lipinski definition) is 3. The van der Waals surface area contributed by atoms with E-state index in [1.54, 1.807) is 0 Å². The van der Waals surface area contributed by atoms with E-state index in [9.17, 15) is 20.1 Å². The number of hydrogen-bond acceptors (Lipinski definition) is 7. The Morgan fingerprint density at radius 1 is 0.867 bits per heavy atom. The highest BCUT2D eigenvalue weighted by Crippen LogP contribution is 2.67. The quantitative estimate of drug-likeness (QED) is 0.0478. The normalized spacial score (nSPS) is 36.2. The van der Waals surface area contributed by atoms with E-state index < -0.39 is 30.7 Å². The SMILES string of the molecule is C=C(C)[C@@H](CC)CC[C@@H](C)[C@H]1CC[C@H]2[C@@H]3CC=C4C[C@@H](O[C@@H]5O[C@H](COC(=O)CCCCCCC/C=C\CCCCCCCC)[C@@H](O)[C@H](O)[C@H]5O)CC[C@]4(C)[C@H]3CC[C@]12C. The molecule has 0 amide bonds. The minimum Gasteiger partial charge on any atom is -0.463 e. The van der Waals surface area contributed by atoms with Crippen LogP contribution in [-0.2, 0) is 19.0 Å². The topological polar surface area (TPSA) is 105 Å². The molecule has 4 aliphatic carbocycles. The van der Waals surface area contributed by atoms with Crippen LogP contribution in [0.2, 0.25) is 0 Å². The fraction of sp³-hybridized carbons (Fsp3) is 0.868. The fourth-order valence-corrected chi connectivity index (χ4v) is 13.1. The monoisotopic (exact) mass is 839 g/mol. The molecule has 344 valence electrons. The molecule has 0 aromatic rings. The number of fused-ring (bicyclic) bond motifs is 5. The Bertz CT molecular complexity index is 1370. The lowest BCUT2D eigenvalue weighted by atomic mass is 9.47. The van der Waals surface area contributed by atoms with E-state index in [0.29, 0.717) is 23.7 Å². The van der Waals surface area contributed by atoms with Crippen molar-refractivity contribution in [3.8, 4) is 0 Å². The Hall–Kier alpha value is -1.51. The Labute approximate surface area is 367 Å². The molecular formula is C53H90O7. The van der Waals surface area contributed by atoms with Gasteiger partial charge in [0.05, 0.1) is 6.10 Å². The van der Waals surface area contributed by atoms with Gasteiger partial charge in [-0.3, -0.25) is 4.79 Å². The van der Waals surface area contributed by atoms with Crippen LogP contribution in [0.15, 0.2) is 36.0 Å². The molecule has 3 N–H and O–H groups in total. The summed E-state index contributed by atoms with van der Waals surface area (Å²) in [6.45, 7) is 18.6. The van der Waals surface area contributed by atoms with Gasteiger partial charge in [0.15, 0.2) is 6.29 Å². The van der Waals surface area contributed by atoms with Gasteiger partial charge in [0, 0.05) is 6.42 Å². The van der Waals surface area contributed by atoms with Gasteiger partial charge in [-0.2, -0.15) is 0 Å². The molecule has 0 aromatic heterocycles. The van der Waals surface area contributed by atoms with Gasteiger partial charge in [-0.05, 0) is 156 Å². The third kappa shape index (κ3) is 12.6. The van der Waals surface area contributed by atoms with Gasteiger partial charge < -0.3 is 29.5 Å². The first-order chi connectivity index (χ1) is 28.8. The molecule has 60 heavy (non-hydrogen) atoms. The van der Waals surface area contributed by atoms with Crippen molar-refractivity contribution in [3.05, 3.63) is 36.0 Å². The number of aliphatic hydroxyl groups is 3. The summed E-state index contributed by atoms with van der Waals surface area (Å²) in [5.41, 5.74) is 3.43. The Morgan fingerprint density at radius 2 is 1.55 bits per heavy atom. The van der Waals surface area contributed by atoms with Crippen molar-refractivity contribution in [3.63, 3.8) is 0 Å². The lowest BCUT2D eigenvalue weighted by Gasteiger charge is -2.58. The lowest BCUT2D eigenvalue weighted by Crippen LogP contribution is -2.60. The molecule has 14 atom stereocenters. The molecule has 5 rings (SSSR count). The summed E-state index contributed by atoms with van der Waals surface area (Å²) >= 11 is 0. The average molecular weight is 839 g/mol. The van der Waals surface area contributed by atoms with Gasteiger partial charge in [0.1, 0.15) is 31.0 Å². The van der Waals surface area contributed by atoms with E-state index in [1.807, 2.05) is 0 Å². The first-order valence-corrected chi connectivity index (χ1v) is 25.3. The zero-order valence-corrected chi connectivity index (χ0v) is 39.2. The van der Waals surface area contributed by atoms with Gasteiger partial charge in [-0.25, -0.2) is 0 Å². The molecule has 5 aliphatic rings. The summed E-state index contributed by atoms with van der Waals surface area (Å²) in [6.07, 6.45) is 29.7. The van der Waals surface area contributed by atoms with E-state index in [2.05, 4.69) is 66.3 Å². The predicted octanol–water partition coefficient (Wildman–Crippen LogP) is 12.4. The van der Waals surface area contributed by atoms with Crippen LogP contribution in [0.3, 0.4) is 0 Å². The van der Waals surface area contributed by atoms with Crippen LogP contribution in [0, 0.1) is 46.3 Å². The number of allylic oxidation sites excluding steroid dienone is 4. The van der Waals surface area contributed by atoms with Crippen LogP contribution in [0.1, 0.15) is 202 Å². The molecule has 1 saturated heterocycles. The van der Waals surface area contributed by atoms with Gasteiger partial charge in [-0.15, -0.1) is 0 Å². The van der Waals surface area contributed by atoms with Gasteiger partial charge >= 0.3 is 5.97 Å². The standard InChI is InChI=1S/C53H90O7/c1-8-10-11-12-13-14-15-16-17-18-19-20-21-22-23-24-47(54)58-36-46-48(55)49(56)50(57)51(60-46)59-41-31-33-52(6)40(35-41)27-28-42-44-30-29-43(53(44,7)34-32-45(42)52)38(5)25-26-39(9-2)37(3)4/h16-17,27,38-39,41-46,48-51,55-57H,3,8-15,18-26,28-36H2,1-2,4-7H3/b17-16-/t38-,39+,41+,42+,43-,44+,45+,46-,48-,49+,50-,51-,52+,53-/m1/s1. The molecule has 7 heteroatoms. The van der Waals surface area contributed by atoms with Crippen LogP contribution < -0.4 is 0 Å². The van der Waals surface area contributed by atoms with E-state index in [1.165, 1.54) is 107 Å². The molecule has 0 bridgehead atoms. The highest BCUT2D eigenvalue weighted by Gasteiger charge is 2.59. The van der Waals surface area contributed by atoms with Gasteiger partial charge in [0.2, 0.25) is 0 Å². The second-order valence-electron chi connectivity index (χ2n) is 21.0. The largest absolute Gasteiger partial charge is 0.463 e. The molecule has 0 radical (unpaired) electrons. The maximum absolute atomic E-state index is 12.6. The van der Waals surface area contributed by atoms with Crippen molar-refractivity contribution in [2.45, 2.75) is 239 Å². The summed E-state index contributed by atoms with van der Waals surface area (Å²) < 4.78 is 18.0. The van der Waals surface area contributed by atoms with Gasteiger partial charge in [0.25, 0.3) is 0 Å². The van der Waals surface area contributed by atoms with Crippen molar-refractivity contribution in [2.75, 3.05) is 6.61 Å². The summed E-state index contributed by atoms with van der Waals surface area (Å²) in [6, 6.07) is 0. The highest BCUT2D eigenvalue weighted by atomic mass is 16.7. The minimum absolute atomic E-state index is 0.149. The van der Waals surface area contributed by atoms with Crippen LogP contribution >= 0.6 is 0 Å². The molecule has 1 heterocycles. The van der Waals surface area contributed by atoms with Crippen LogP contribution in [0.4, 0.5) is 0 Å². The molecule has 1 aliphatic heterocycles. The first-order valence-electron chi connectivity index (χ1n) is 25.3. The Morgan fingerprint density at radius 3 is 2.23 bits per heavy atom. The molecule has 0 aromatic carbocycles. The maximum Gasteiger partial charge on any atom is 0.305 e. The third-order valence-electron chi connectivity index (χ3n) is 17.0. The number of rotatable bonds is 25. The second kappa shape index (κ2) is 24.0. The van der Waals surface area contributed by atoms with Crippen molar-refractivity contribution in [1.82, 2.24) is 0 Å². The predicted molar refractivity (Wildman–Crippen MR) is 244 cm³/mol. The van der Waals surface area contributed by atoms with Crippen molar-refractivity contribution in [1.29, 1.82) is 0 Å². The van der Waals surface area contributed by atoms with E-state index in [0.717, 1.165) is 81.5 Å². The molecule has 0 spiro atoms. The lowest BCUT2D eigenvalue weighted by molar-refractivity contribution is -0.313. The molecule has 4 fully saturated rings. The molecule has 7 nitrogen and oxygen atoms in total. The van der Waals surface area contributed by atoms with Crippen LogP contribution in [-0.4, -0.2) is 64.7 Å². The number of aliphatic hydroxyl groups excluding tert-OH is 3. The molecule has 3 saturated carbocycles. The number of esters is 1. The fourth-order valence-electron chi connectivity index (χ4n) is 13.1. The summed E-state index contributed by atoms with van der Waals surface area (Å²) in [5, 5.41) is 32.5. The van der Waals surface area contributed by atoms with Crippen molar-refractivity contribution in [2.24, 2.45) is 46.3 Å². The maximum atomic E-state index is 12.6. The van der Waals surface area contributed by atoms with Crippen LogP contribution in [0.25, 0.3) is 0 Å². The highest BCUT2D eigenvalue weighted by molar-refractivity contribution is 5.69. The summed E-state index contributed by atoms with van der Waals surface area (Å²) in [7, 11) is 0. The molecular weight excluding hydrogens is 749 g/mol. The third-order valence-corrected chi connectivity index (χ3v) is 17.0.